The summed E-state index contributed by atoms with van der Waals surface area (Å²) in [5.74, 6) is 0.107. The Labute approximate surface area is 237 Å². The largest absolute Gasteiger partial charge is 0.461 e. The normalized spacial score (nSPS) is 11.7. The number of aryl methyl sites for hydroxylation is 2. The van der Waals surface area contributed by atoms with E-state index < -0.39 is 5.41 Å². The van der Waals surface area contributed by atoms with Crippen LogP contribution in [0.3, 0.4) is 0 Å². The number of rotatable bonds is 18. The molecule has 0 aromatic heterocycles. The lowest BCUT2D eigenvalue weighted by atomic mass is 9.68. The third-order valence-corrected chi connectivity index (χ3v) is 7.92. The van der Waals surface area contributed by atoms with Crippen molar-refractivity contribution in [1.29, 1.82) is 0 Å². The molecule has 4 nitrogen and oxygen atoms in total. The topological polar surface area (TPSA) is 52.6 Å². The molecule has 0 amide bonds. The van der Waals surface area contributed by atoms with Crippen LogP contribution in [0.5, 0.6) is 0 Å². The first-order chi connectivity index (χ1) is 18.7. The molecule has 2 aromatic carbocycles. The highest BCUT2D eigenvalue weighted by molar-refractivity contribution is 5.74. The second-order valence-corrected chi connectivity index (χ2v) is 12.0. The number of hydrogen-bond donors (Lipinski definition) is 0. The van der Waals surface area contributed by atoms with Gasteiger partial charge in [-0.3, -0.25) is 9.59 Å². The van der Waals surface area contributed by atoms with Crippen molar-refractivity contribution in [2.24, 2.45) is 17.3 Å². The predicted octanol–water partition coefficient (Wildman–Crippen LogP) is 9.02. The van der Waals surface area contributed by atoms with Gasteiger partial charge in [-0.05, 0) is 71.6 Å². The van der Waals surface area contributed by atoms with Gasteiger partial charge in [0.05, 0.1) is 12.8 Å². The van der Waals surface area contributed by atoms with Gasteiger partial charge in [-0.15, -0.1) is 0 Å². The van der Waals surface area contributed by atoms with Gasteiger partial charge in [0.2, 0.25) is 0 Å². The Morgan fingerprint density at radius 2 is 1.05 bits per heavy atom. The highest BCUT2D eigenvalue weighted by Gasteiger charge is 2.39. The Morgan fingerprint density at radius 3 is 1.38 bits per heavy atom. The summed E-state index contributed by atoms with van der Waals surface area (Å²) in [6, 6.07) is 16.6. The number of benzene rings is 2. The Kier molecular flexibility index (Phi) is 14.3. The highest BCUT2D eigenvalue weighted by Crippen LogP contribution is 2.42. The molecule has 0 aliphatic rings. The number of hydrogen-bond acceptors (Lipinski definition) is 4. The van der Waals surface area contributed by atoms with E-state index in [2.05, 4.69) is 65.8 Å². The maximum absolute atomic E-state index is 13.1. The second-order valence-electron chi connectivity index (χ2n) is 12.0. The van der Waals surface area contributed by atoms with Crippen LogP contribution in [-0.4, -0.2) is 11.9 Å². The van der Waals surface area contributed by atoms with Gasteiger partial charge in [0, 0.05) is 0 Å². The highest BCUT2D eigenvalue weighted by atomic mass is 16.5. The summed E-state index contributed by atoms with van der Waals surface area (Å²) >= 11 is 0. The zero-order chi connectivity index (χ0) is 28.7. The van der Waals surface area contributed by atoms with Crippen LogP contribution in [0.15, 0.2) is 48.5 Å². The monoisotopic (exact) mass is 536 g/mol. The fourth-order valence-electron chi connectivity index (χ4n) is 4.88. The third-order valence-electron chi connectivity index (χ3n) is 7.92. The van der Waals surface area contributed by atoms with Gasteiger partial charge in [0.25, 0.3) is 0 Å². The van der Waals surface area contributed by atoms with Crippen LogP contribution in [0, 0.1) is 17.3 Å². The van der Waals surface area contributed by atoms with Crippen LogP contribution in [-0.2, 0) is 45.1 Å². The molecule has 0 bridgehead atoms. The van der Waals surface area contributed by atoms with Crippen molar-refractivity contribution in [1.82, 2.24) is 0 Å². The molecule has 0 heterocycles. The molecule has 2 rings (SSSR count). The van der Waals surface area contributed by atoms with E-state index in [1.54, 1.807) is 0 Å². The van der Waals surface area contributed by atoms with Crippen LogP contribution >= 0.6 is 0 Å². The van der Waals surface area contributed by atoms with Crippen LogP contribution in [0.1, 0.15) is 115 Å². The van der Waals surface area contributed by atoms with E-state index in [1.807, 2.05) is 24.3 Å². The molecule has 0 aliphatic heterocycles. The molecule has 0 spiro atoms. The molecule has 4 heteroatoms. The summed E-state index contributed by atoms with van der Waals surface area (Å²) in [5, 5.41) is 0. The van der Waals surface area contributed by atoms with E-state index >= 15 is 0 Å². The molecule has 0 unspecified atom stereocenters. The SMILES string of the molecule is CCCCc1ccc(COC(=O)CC(CCC(C)C)(CC(=O)OCc2ccc(CCCC)cc2)C(C)C)cc1. The van der Waals surface area contributed by atoms with E-state index in [0.717, 1.165) is 36.8 Å². The standard InChI is InChI=1S/C35H52O4/c1-7-9-11-29-13-17-31(18-14-29)25-38-33(36)23-35(28(5)6,22-21-27(3)4)24-34(37)39-26-32-19-15-30(16-20-32)12-10-8-2/h13-20,27-28H,7-12,21-26H2,1-6H3. The fourth-order valence-corrected chi connectivity index (χ4v) is 4.88. The summed E-state index contributed by atoms with van der Waals surface area (Å²) in [5.41, 5.74) is 4.10. The lowest BCUT2D eigenvalue weighted by Crippen LogP contribution is -2.34. The molecule has 0 atom stereocenters. The molecule has 216 valence electrons. The van der Waals surface area contributed by atoms with Gasteiger partial charge in [0.15, 0.2) is 0 Å². The zero-order valence-corrected chi connectivity index (χ0v) is 25.4. The molecule has 0 aliphatic carbocycles. The lowest BCUT2D eigenvalue weighted by Gasteiger charge is -2.37. The van der Waals surface area contributed by atoms with Gasteiger partial charge in [0.1, 0.15) is 13.2 Å². The minimum absolute atomic E-state index is 0.132. The first-order valence-electron chi connectivity index (χ1n) is 15.1. The zero-order valence-electron chi connectivity index (χ0n) is 25.4. The van der Waals surface area contributed by atoms with Gasteiger partial charge >= 0.3 is 11.9 Å². The summed E-state index contributed by atoms with van der Waals surface area (Å²) in [6.07, 6.45) is 9.00. The van der Waals surface area contributed by atoms with Gasteiger partial charge in [-0.25, -0.2) is 0 Å². The quantitative estimate of drug-likeness (QED) is 0.178. The smallest absolute Gasteiger partial charge is 0.306 e. The van der Waals surface area contributed by atoms with Gasteiger partial charge in [-0.1, -0.05) is 109 Å². The molecule has 0 fully saturated rings. The van der Waals surface area contributed by atoms with Gasteiger partial charge < -0.3 is 9.47 Å². The van der Waals surface area contributed by atoms with Crippen molar-refractivity contribution >= 4 is 11.9 Å². The molecule has 39 heavy (non-hydrogen) atoms. The van der Waals surface area contributed by atoms with Crippen molar-refractivity contribution in [3.05, 3.63) is 70.8 Å². The average molecular weight is 537 g/mol. The first-order valence-corrected chi connectivity index (χ1v) is 15.1. The van der Waals surface area contributed by atoms with E-state index in [4.69, 9.17) is 9.47 Å². The second kappa shape index (κ2) is 17.2. The van der Waals surface area contributed by atoms with Crippen LogP contribution < -0.4 is 0 Å². The maximum Gasteiger partial charge on any atom is 0.306 e. The van der Waals surface area contributed by atoms with Crippen molar-refractivity contribution in [3.8, 4) is 0 Å². The van der Waals surface area contributed by atoms with Crippen molar-refractivity contribution < 1.29 is 19.1 Å². The van der Waals surface area contributed by atoms with Crippen molar-refractivity contribution in [3.63, 3.8) is 0 Å². The maximum atomic E-state index is 13.1. The minimum atomic E-state index is -0.494. The van der Waals surface area contributed by atoms with E-state index in [0.29, 0.717) is 5.92 Å². The number of ether oxygens (including phenoxy) is 2. The van der Waals surface area contributed by atoms with E-state index in [9.17, 15) is 9.59 Å². The Hall–Kier alpha value is -2.62. The Bertz CT molecular complexity index is 903. The van der Waals surface area contributed by atoms with Crippen LogP contribution in [0.4, 0.5) is 0 Å². The average Bonchev–Trinajstić information content (AvgIpc) is 2.92. The van der Waals surface area contributed by atoms with E-state index in [-0.39, 0.29) is 43.9 Å². The lowest BCUT2D eigenvalue weighted by molar-refractivity contribution is -0.154. The third kappa shape index (κ3) is 12.0. The summed E-state index contributed by atoms with van der Waals surface area (Å²) in [6.45, 7) is 13.5. The number of carbonyl (C=O) groups excluding carboxylic acids is 2. The Morgan fingerprint density at radius 1 is 0.667 bits per heavy atom. The summed E-state index contributed by atoms with van der Waals surface area (Å²) in [4.78, 5) is 26.2. The summed E-state index contributed by atoms with van der Waals surface area (Å²) < 4.78 is 11.4. The van der Waals surface area contributed by atoms with Crippen molar-refractivity contribution in [2.75, 3.05) is 0 Å². The van der Waals surface area contributed by atoms with Gasteiger partial charge in [-0.2, -0.15) is 0 Å². The molecule has 0 N–H and O–H groups in total. The summed E-state index contributed by atoms with van der Waals surface area (Å²) in [7, 11) is 0. The molecule has 0 radical (unpaired) electrons. The molecular formula is C35H52O4. The minimum Gasteiger partial charge on any atom is -0.461 e. The van der Waals surface area contributed by atoms with Crippen LogP contribution in [0.25, 0.3) is 0 Å². The number of unbranched alkanes of at least 4 members (excludes halogenated alkanes) is 2. The fraction of sp³-hybridized carbons (Fsp3) is 0.600. The first kappa shape index (κ1) is 32.6. The van der Waals surface area contributed by atoms with E-state index in [1.165, 1.54) is 36.8 Å². The van der Waals surface area contributed by atoms with Crippen LogP contribution in [0.2, 0.25) is 0 Å². The molecule has 2 aromatic rings. The Balaban J connectivity index is 2.00. The number of esters is 2. The number of carbonyl (C=O) groups is 2. The molecule has 0 saturated carbocycles. The predicted molar refractivity (Wildman–Crippen MR) is 160 cm³/mol. The molecular weight excluding hydrogens is 484 g/mol. The molecule has 0 saturated heterocycles. The van der Waals surface area contributed by atoms with Crippen molar-refractivity contribution in [2.45, 2.75) is 119 Å².